The van der Waals surface area contributed by atoms with Crippen molar-refractivity contribution in [3.63, 3.8) is 0 Å². The van der Waals surface area contributed by atoms with Crippen LogP contribution in [0.25, 0.3) is 0 Å². The Bertz CT molecular complexity index is 330. The molecule has 0 rings (SSSR count). The summed E-state index contributed by atoms with van der Waals surface area (Å²) in [6.07, 6.45) is 9.99. The molecule has 0 N–H and O–H groups in total. The van der Waals surface area contributed by atoms with Gasteiger partial charge in [0, 0.05) is 26.6 Å². The molecule has 0 saturated carbocycles. The van der Waals surface area contributed by atoms with Crippen LogP contribution in [0.1, 0.15) is 84.5 Å². The van der Waals surface area contributed by atoms with Crippen molar-refractivity contribution < 1.29 is 23.8 Å². The van der Waals surface area contributed by atoms with E-state index in [0.29, 0.717) is 38.6 Å². The molecule has 0 fully saturated rings. The van der Waals surface area contributed by atoms with Crippen LogP contribution in [0, 0.1) is 5.92 Å². The highest BCUT2D eigenvalue weighted by Crippen LogP contribution is 2.10. The Kier molecular flexibility index (Phi) is 16.9. The summed E-state index contributed by atoms with van der Waals surface area (Å²) in [5, 5.41) is 0. The summed E-state index contributed by atoms with van der Waals surface area (Å²) in [4.78, 5) is 23.0. The van der Waals surface area contributed by atoms with Crippen molar-refractivity contribution in [2.45, 2.75) is 84.5 Å². The van der Waals surface area contributed by atoms with Gasteiger partial charge in [0.2, 0.25) is 0 Å². The van der Waals surface area contributed by atoms with E-state index in [9.17, 15) is 9.59 Å². The largest absolute Gasteiger partial charge is 0.466 e. The molecular formula is C20H38O5. The number of ether oxygens (including phenoxy) is 3. The lowest BCUT2D eigenvalue weighted by Gasteiger charge is -2.11. The molecule has 0 radical (unpaired) electrons. The third-order valence-corrected chi connectivity index (χ3v) is 4.12. The van der Waals surface area contributed by atoms with Crippen molar-refractivity contribution in [2.24, 2.45) is 5.92 Å². The van der Waals surface area contributed by atoms with Crippen LogP contribution >= 0.6 is 0 Å². The highest BCUT2D eigenvalue weighted by molar-refractivity contribution is 5.69. The summed E-state index contributed by atoms with van der Waals surface area (Å²) in [6, 6.07) is 0. The third kappa shape index (κ3) is 17.5. The van der Waals surface area contributed by atoms with Crippen LogP contribution in [0.3, 0.4) is 0 Å². The summed E-state index contributed by atoms with van der Waals surface area (Å²) >= 11 is 0. The Labute approximate surface area is 153 Å². The molecule has 0 aliphatic heterocycles. The van der Waals surface area contributed by atoms with Gasteiger partial charge >= 0.3 is 11.9 Å². The zero-order valence-electron chi connectivity index (χ0n) is 16.5. The second kappa shape index (κ2) is 17.7. The molecule has 0 aromatic heterocycles. The second-order valence-electron chi connectivity index (χ2n) is 6.77. The molecule has 0 aliphatic rings. The molecule has 1 atom stereocenters. The normalized spacial score (nSPS) is 12.0. The van der Waals surface area contributed by atoms with E-state index in [1.807, 2.05) is 0 Å². The highest BCUT2D eigenvalue weighted by Gasteiger charge is 2.07. The number of hydrogen-bond donors (Lipinski definition) is 0. The molecule has 148 valence electrons. The van der Waals surface area contributed by atoms with Gasteiger partial charge in [-0.2, -0.15) is 0 Å². The second-order valence-corrected chi connectivity index (χ2v) is 6.77. The van der Waals surface area contributed by atoms with Gasteiger partial charge < -0.3 is 14.2 Å². The van der Waals surface area contributed by atoms with Crippen molar-refractivity contribution in [3.05, 3.63) is 0 Å². The van der Waals surface area contributed by atoms with Gasteiger partial charge in [0.25, 0.3) is 0 Å². The molecule has 0 heterocycles. The summed E-state index contributed by atoms with van der Waals surface area (Å²) in [5.41, 5.74) is 0. The van der Waals surface area contributed by atoms with E-state index in [1.54, 1.807) is 7.11 Å². The zero-order chi connectivity index (χ0) is 18.8. The van der Waals surface area contributed by atoms with Gasteiger partial charge in [-0.05, 0) is 31.6 Å². The van der Waals surface area contributed by atoms with Gasteiger partial charge in [0.05, 0.1) is 13.2 Å². The Morgan fingerprint density at radius 3 is 1.92 bits per heavy atom. The fraction of sp³-hybridized carbons (Fsp3) is 0.900. The van der Waals surface area contributed by atoms with Crippen LogP contribution in [-0.2, 0) is 23.8 Å². The van der Waals surface area contributed by atoms with E-state index in [0.717, 1.165) is 57.8 Å². The van der Waals surface area contributed by atoms with E-state index in [4.69, 9.17) is 14.2 Å². The fourth-order valence-electron chi connectivity index (χ4n) is 2.36. The molecule has 0 bridgehead atoms. The maximum absolute atomic E-state index is 11.6. The Morgan fingerprint density at radius 1 is 0.800 bits per heavy atom. The van der Waals surface area contributed by atoms with Gasteiger partial charge in [-0.25, -0.2) is 0 Å². The molecular weight excluding hydrogens is 320 g/mol. The molecule has 5 nitrogen and oxygen atoms in total. The lowest BCUT2D eigenvalue weighted by molar-refractivity contribution is -0.145. The lowest BCUT2D eigenvalue weighted by atomic mass is 10.1. The molecule has 0 saturated heterocycles. The van der Waals surface area contributed by atoms with Crippen LogP contribution in [0.4, 0.5) is 0 Å². The van der Waals surface area contributed by atoms with Crippen molar-refractivity contribution in [2.75, 3.05) is 26.9 Å². The number of unbranched alkanes of at least 4 members (excludes halogenated alkanes) is 6. The zero-order valence-corrected chi connectivity index (χ0v) is 16.5. The van der Waals surface area contributed by atoms with Gasteiger partial charge in [-0.1, -0.05) is 46.0 Å². The smallest absolute Gasteiger partial charge is 0.305 e. The van der Waals surface area contributed by atoms with Crippen LogP contribution in [0.5, 0.6) is 0 Å². The predicted octanol–water partition coefficient (Wildman–Crippen LogP) is 4.67. The van der Waals surface area contributed by atoms with E-state index in [1.165, 1.54) is 0 Å². The van der Waals surface area contributed by atoms with Crippen molar-refractivity contribution in [3.8, 4) is 0 Å². The molecule has 0 aromatic rings. The first-order valence-corrected chi connectivity index (χ1v) is 9.90. The van der Waals surface area contributed by atoms with Crippen molar-refractivity contribution in [1.29, 1.82) is 0 Å². The minimum Gasteiger partial charge on any atom is -0.466 e. The quantitative estimate of drug-likeness (QED) is 0.279. The van der Waals surface area contributed by atoms with Gasteiger partial charge in [0.1, 0.15) is 0 Å². The van der Waals surface area contributed by atoms with Crippen LogP contribution < -0.4 is 0 Å². The summed E-state index contributed by atoms with van der Waals surface area (Å²) < 4.78 is 15.4. The fourth-order valence-corrected chi connectivity index (χ4v) is 2.36. The maximum atomic E-state index is 11.6. The first-order valence-electron chi connectivity index (χ1n) is 9.90. The average Bonchev–Trinajstić information content (AvgIpc) is 2.60. The third-order valence-electron chi connectivity index (χ3n) is 4.12. The molecule has 1 unspecified atom stereocenters. The van der Waals surface area contributed by atoms with Crippen molar-refractivity contribution in [1.82, 2.24) is 0 Å². The number of hydrogen-bond acceptors (Lipinski definition) is 5. The SMILES string of the molecule is CCCCOC(=O)CCCCCCCCC(=O)OCC(C)CCOC. The van der Waals surface area contributed by atoms with E-state index < -0.39 is 0 Å². The number of carbonyl (C=O) groups is 2. The molecule has 0 aromatic carbocycles. The minimum atomic E-state index is -0.0981. The van der Waals surface area contributed by atoms with Crippen molar-refractivity contribution >= 4 is 11.9 Å². The maximum Gasteiger partial charge on any atom is 0.305 e. The molecule has 0 amide bonds. The Balaban J connectivity index is 3.34. The molecule has 0 spiro atoms. The summed E-state index contributed by atoms with van der Waals surface area (Å²) in [7, 11) is 1.68. The Hall–Kier alpha value is -1.10. The highest BCUT2D eigenvalue weighted by atomic mass is 16.5. The average molecular weight is 359 g/mol. The van der Waals surface area contributed by atoms with Crippen LogP contribution in [0.2, 0.25) is 0 Å². The minimum absolute atomic E-state index is 0.0732. The molecule has 0 aliphatic carbocycles. The Morgan fingerprint density at radius 2 is 1.36 bits per heavy atom. The first kappa shape index (κ1) is 23.9. The lowest BCUT2D eigenvalue weighted by Crippen LogP contribution is -2.13. The summed E-state index contributed by atoms with van der Waals surface area (Å²) in [5.74, 6) is 0.174. The van der Waals surface area contributed by atoms with E-state index in [-0.39, 0.29) is 11.9 Å². The standard InChI is InChI=1S/C20H38O5/c1-4-5-15-24-19(21)12-10-8-6-7-9-11-13-20(22)25-17-18(2)14-16-23-3/h18H,4-17H2,1-3H3. The number of rotatable bonds is 17. The van der Waals surface area contributed by atoms with Gasteiger partial charge in [-0.3, -0.25) is 9.59 Å². The van der Waals surface area contributed by atoms with Crippen LogP contribution in [-0.4, -0.2) is 38.9 Å². The van der Waals surface area contributed by atoms with Gasteiger partial charge in [0.15, 0.2) is 0 Å². The monoisotopic (exact) mass is 358 g/mol. The van der Waals surface area contributed by atoms with Crippen LogP contribution in [0.15, 0.2) is 0 Å². The number of methoxy groups -OCH3 is 1. The first-order chi connectivity index (χ1) is 12.1. The van der Waals surface area contributed by atoms with E-state index >= 15 is 0 Å². The predicted molar refractivity (Wildman–Crippen MR) is 99.4 cm³/mol. The van der Waals surface area contributed by atoms with Gasteiger partial charge in [-0.15, -0.1) is 0 Å². The number of esters is 2. The molecule has 25 heavy (non-hydrogen) atoms. The van der Waals surface area contributed by atoms with E-state index in [2.05, 4.69) is 13.8 Å². The topological polar surface area (TPSA) is 61.8 Å². The number of carbonyl (C=O) groups excluding carboxylic acids is 2. The molecule has 5 heteroatoms. The summed E-state index contributed by atoms with van der Waals surface area (Å²) in [6.45, 7) is 5.88.